The van der Waals surface area contributed by atoms with Crippen LogP contribution in [0, 0.1) is 5.92 Å². The van der Waals surface area contributed by atoms with Crippen LogP contribution in [-0.2, 0) is 15.8 Å². The first-order valence-corrected chi connectivity index (χ1v) is 11.5. The third-order valence-corrected chi connectivity index (χ3v) is 7.83. The van der Waals surface area contributed by atoms with Gasteiger partial charge in [0.1, 0.15) is 0 Å². The van der Waals surface area contributed by atoms with Gasteiger partial charge in [0.05, 0.1) is 22.0 Å². The molecule has 3 rings (SSSR count). The third kappa shape index (κ3) is 5.67. The molecule has 0 aliphatic rings. The van der Waals surface area contributed by atoms with E-state index in [0.717, 1.165) is 16.5 Å². The van der Waals surface area contributed by atoms with E-state index in [1.807, 2.05) is 66.7 Å². The number of hydrogen-bond acceptors (Lipinski definition) is 4. The van der Waals surface area contributed by atoms with Gasteiger partial charge in [-0.15, -0.1) is 0 Å². The fourth-order valence-corrected chi connectivity index (χ4v) is 5.88. The average Bonchev–Trinajstić information content (AvgIpc) is 2.66. The van der Waals surface area contributed by atoms with E-state index in [-0.39, 0.29) is 18.1 Å². The highest BCUT2D eigenvalue weighted by Crippen LogP contribution is 2.47. The van der Waals surface area contributed by atoms with Crippen molar-refractivity contribution in [3.63, 3.8) is 0 Å². The van der Waals surface area contributed by atoms with Gasteiger partial charge >= 0.3 is 5.97 Å². The maximum Gasteiger partial charge on any atom is 0.307 e. The van der Waals surface area contributed by atoms with Crippen LogP contribution < -0.4 is 0 Å². The number of fused-ring (bicyclic) bond motifs is 1. The van der Waals surface area contributed by atoms with Gasteiger partial charge in [-0.05, 0) is 24.1 Å². The van der Waals surface area contributed by atoms with Gasteiger partial charge in [0.2, 0.25) is 7.37 Å². The molecular weight excluding hydrogens is 381 g/mol. The lowest BCUT2D eigenvalue weighted by Crippen LogP contribution is -2.21. The molecule has 0 aliphatic carbocycles. The number of carboxylic acid groups (broad SMARTS) is 1. The Hall–Kier alpha value is -2.14. The standard InChI is InChI=1S/C20H20NO4PS/c22-20(23)17(12-15-6-2-1-3-7-15)13-26(24,25)14-27-19-11-10-16-8-4-5-9-18(16)21-19/h1-11,17H,12-14H2,(H,22,23)(H,24,25). The van der Waals surface area contributed by atoms with Gasteiger partial charge in [0, 0.05) is 11.5 Å². The summed E-state index contributed by atoms with van der Waals surface area (Å²) in [5.74, 6) is -1.95. The van der Waals surface area contributed by atoms with Gasteiger partial charge in [-0.3, -0.25) is 9.36 Å². The Kier molecular flexibility index (Phi) is 6.32. The summed E-state index contributed by atoms with van der Waals surface area (Å²) in [5, 5.41) is 11.1. The van der Waals surface area contributed by atoms with E-state index < -0.39 is 19.3 Å². The molecule has 0 radical (unpaired) electrons. The lowest BCUT2D eigenvalue weighted by molar-refractivity contribution is -0.141. The number of thioether (sulfide) groups is 1. The molecule has 140 valence electrons. The second-order valence-corrected chi connectivity index (χ2v) is 10.2. The fraction of sp³-hybridized carbons (Fsp3) is 0.200. The summed E-state index contributed by atoms with van der Waals surface area (Å²) in [4.78, 5) is 26.4. The molecule has 27 heavy (non-hydrogen) atoms. The van der Waals surface area contributed by atoms with E-state index in [9.17, 15) is 19.4 Å². The van der Waals surface area contributed by atoms with Crippen LogP contribution >= 0.6 is 19.1 Å². The van der Waals surface area contributed by atoms with E-state index in [4.69, 9.17) is 0 Å². The molecule has 2 N–H and O–H groups in total. The zero-order chi connectivity index (χ0) is 19.3. The van der Waals surface area contributed by atoms with E-state index in [2.05, 4.69) is 4.98 Å². The molecule has 0 spiro atoms. The van der Waals surface area contributed by atoms with Crippen molar-refractivity contribution in [2.45, 2.75) is 11.4 Å². The molecule has 2 unspecified atom stereocenters. The van der Waals surface area contributed by atoms with E-state index in [0.29, 0.717) is 5.03 Å². The lowest BCUT2D eigenvalue weighted by atomic mass is 10.0. The summed E-state index contributed by atoms with van der Waals surface area (Å²) in [5.41, 5.74) is 1.60. The summed E-state index contributed by atoms with van der Waals surface area (Å²) in [7, 11) is -3.62. The van der Waals surface area contributed by atoms with Crippen molar-refractivity contribution >= 4 is 36.0 Å². The Morgan fingerprint density at radius 3 is 2.48 bits per heavy atom. The smallest absolute Gasteiger partial charge is 0.307 e. The van der Waals surface area contributed by atoms with Crippen molar-refractivity contribution in [2.75, 3.05) is 11.7 Å². The van der Waals surface area contributed by atoms with Crippen molar-refractivity contribution in [1.29, 1.82) is 0 Å². The Balaban J connectivity index is 1.65. The van der Waals surface area contributed by atoms with Crippen LogP contribution in [-0.4, -0.2) is 32.6 Å². The molecular formula is C20H20NO4PS. The fourth-order valence-electron chi connectivity index (χ4n) is 2.82. The monoisotopic (exact) mass is 401 g/mol. The number of carbonyl (C=O) groups is 1. The largest absolute Gasteiger partial charge is 0.481 e. The maximum absolute atomic E-state index is 12.6. The van der Waals surface area contributed by atoms with Crippen molar-refractivity contribution in [3.8, 4) is 0 Å². The first-order chi connectivity index (χ1) is 12.9. The summed E-state index contributed by atoms with van der Waals surface area (Å²) < 4.78 is 12.6. The number of pyridine rings is 1. The van der Waals surface area contributed by atoms with Gasteiger partial charge in [-0.2, -0.15) is 0 Å². The van der Waals surface area contributed by atoms with E-state index >= 15 is 0 Å². The normalized spacial score (nSPS) is 14.6. The second kappa shape index (κ2) is 8.70. The minimum Gasteiger partial charge on any atom is -0.481 e. The number of aromatic nitrogens is 1. The van der Waals surface area contributed by atoms with Crippen molar-refractivity contribution in [3.05, 3.63) is 72.3 Å². The predicted octanol–water partition coefficient (Wildman–Crippen LogP) is 4.50. The summed E-state index contributed by atoms with van der Waals surface area (Å²) >= 11 is 1.19. The van der Waals surface area contributed by atoms with E-state index in [1.165, 1.54) is 11.8 Å². The molecule has 7 heteroatoms. The number of para-hydroxylation sites is 1. The van der Waals surface area contributed by atoms with Crippen molar-refractivity contribution < 1.29 is 19.4 Å². The van der Waals surface area contributed by atoms with Crippen LogP contribution in [0.5, 0.6) is 0 Å². The molecule has 2 aromatic carbocycles. The van der Waals surface area contributed by atoms with Gasteiger partial charge in [-0.1, -0.05) is 66.4 Å². The first kappa shape index (κ1) is 19.6. The van der Waals surface area contributed by atoms with Crippen LogP contribution in [0.15, 0.2) is 71.8 Å². The maximum atomic E-state index is 12.6. The first-order valence-electron chi connectivity index (χ1n) is 8.49. The molecule has 0 saturated carbocycles. The van der Waals surface area contributed by atoms with Crippen LogP contribution in [0.2, 0.25) is 0 Å². The Morgan fingerprint density at radius 1 is 1.04 bits per heavy atom. The van der Waals surface area contributed by atoms with Crippen LogP contribution in [0.3, 0.4) is 0 Å². The zero-order valence-corrected chi connectivity index (χ0v) is 16.3. The Bertz CT molecular complexity index is 980. The number of benzene rings is 2. The molecule has 2 atom stereocenters. The molecule has 0 saturated heterocycles. The van der Waals surface area contributed by atoms with Gasteiger partial charge < -0.3 is 10.00 Å². The summed E-state index contributed by atoms with van der Waals surface area (Å²) in [6, 6.07) is 20.5. The molecule has 1 heterocycles. The minimum absolute atomic E-state index is 0.0586. The summed E-state index contributed by atoms with van der Waals surface area (Å²) in [6.07, 6.45) is -0.0164. The molecule has 0 amide bonds. The van der Waals surface area contributed by atoms with Gasteiger partial charge in [-0.25, -0.2) is 4.98 Å². The minimum atomic E-state index is -3.62. The predicted molar refractivity (Wildman–Crippen MR) is 108 cm³/mol. The SMILES string of the molecule is O=C(O)C(Cc1ccccc1)CP(=O)(O)CSc1ccc2ccccc2n1. The molecule has 0 bridgehead atoms. The number of nitrogens with zero attached hydrogens (tertiary/aromatic N) is 1. The van der Waals surface area contributed by atoms with Crippen molar-refractivity contribution in [2.24, 2.45) is 5.92 Å². The van der Waals surface area contributed by atoms with E-state index in [1.54, 1.807) is 0 Å². The molecule has 3 aromatic rings. The zero-order valence-electron chi connectivity index (χ0n) is 14.6. The highest BCUT2D eigenvalue weighted by molar-refractivity contribution is 8.04. The number of carboxylic acids is 1. The van der Waals surface area contributed by atoms with Crippen LogP contribution in [0.25, 0.3) is 10.9 Å². The Morgan fingerprint density at radius 2 is 1.74 bits per heavy atom. The van der Waals surface area contributed by atoms with Crippen LogP contribution in [0.1, 0.15) is 5.56 Å². The molecule has 0 fully saturated rings. The van der Waals surface area contributed by atoms with Gasteiger partial charge in [0.25, 0.3) is 0 Å². The highest BCUT2D eigenvalue weighted by atomic mass is 32.2. The van der Waals surface area contributed by atoms with Gasteiger partial charge in [0.15, 0.2) is 0 Å². The molecule has 1 aromatic heterocycles. The quantitative estimate of drug-likeness (QED) is 0.427. The lowest BCUT2D eigenvalue weighted by Gasteiger charge is -2.17. The topological polar surface area (TPSA) is 87.5 Å². The third-order valence-electron chi connectivity index (χ3n) is 4.17. The summed E-state index contributed by atoms with van der Waals surface area (Å²) in [6.45, 7) is 0. The number of rotatable bonds is 8. The number of hydrogen-bond donors (Lipinski definition) is 2. The second-order valence-electron chi connectivity index (χ2n) is 6.37. The average molecular weight is 401 g/mol. The van der Waals surface area contributed by atoms with Crippen molar-refractivity contribution in [1.82, 2.24) is 4.98 Å². The van der Waals surface area contributed by atoms with Crippen LogP contribution in [0.4, 0.5) is 0 Å². The number of aliphatic carboxylic acids is 1. The molecule has 0 aliphatic heterocycles. The Labute approximate surface area is 161 Å². The highest BCUT2D eigenvalue weighted by Gasteiger charge is 2.29. The molecule has 5 nitrogen and oxygen atoms in total.